The van der Waals surface area contributed by atoms with E-state index in [2.05, 4.69) is 43.4 Å². The number of nitrogens with zero attached hydrogens (tertiary/aromatic N) is 1. The third kappa shape index (κ3) is 4.88. The fraction of sp³-hybridized carbons (Fsp3) is 0.500. The summed E-state index contributed by atoms with van der Waals surface area (Å²) in [6.07, 6.45) is 0.188. The predicted molar refractivity (Wildman–Crippen MR) is 98.3 cm³/mol. The van der Waals surface area contributed by atoms with E-state index in [4.69, 9.17) is 4.74 Å². The number of carbonyl (C=O) groups is 2. The molecule has 130 valence electrons. The Morgan fingerprint density at radius 1 is 1.38 bits per heavy atom. The molecule has 0 radical (unpaired) electrons. The number of anilines is 1. The van der Waals surface area contributed by atoms with Gasteiger partial charge < -0.3 is 15.4 Å². The minimum absolute atomic E-state index is 0.0303. The highest BCUT2D eigenvalue weighted by Crippen LogP contribution is 2.14. The van der Waals surface area contributed by atoms with Gasteiger partial charge >= 0.3 is 0 Å². The van der Waals surface area contributed by atoms with Crippen LogP contribution in [-0.2, 0) is 14.3 Å². The lowest BCUT2D eigenvalue weighted by atomic mass is 10.1. The molecule has 0 spiro atoms. The molecule has 8 heteroatoms. The monoisotopic (exact) mass is 444 g/mol. The fourth-order valence-corrected chi connectivity index (χ4v) is 3.50. The summed E-state index contributed by atoms with van der Waals surface area (Å²) >= 11 is 2.20. The average molecular weight is 444 g/mol. The molecule has 2 atom stereocenters. The van der Waals surface area contributed by atoms with Crippen molar-refractivity contribution in [1.82, 2.24) is 15.5 Å². The van der Waals surface area contributed by atoms with Gasteiger partial charge in [-0.2, -0.15) is 0 Å². The van der Waals surface area contributed by atoms with Crippen molar-refractivity contribution in [3.05, 3.63) is 27.8 Å². The van der Waals surface area contributed by atoms with Gasteiger partial charge in [-0.3, -0.25) is 19.8 Å². The van der Waals surface area contributed by atoms with Gasteiger partial charge in [0.25, 0.3) is 0 Å². The molecular weight excluding hydrogens is 423 g/mol. The second kappa shape index (κ2) is 8.24. The van der Waals surface area contributed by atoms with Gasteiger partial charge in [0.1, 0.15) is 0 Å². The lowest BCUT2D eigenvalue weighted by Gasteiger charge is -2.40. The van der Waals surface area contributed by atoms with E-state index in [9.17, 15) is 9.59 Å². The number of carbonyl (C=O) groups excluding carboxylic acids is 2. The van der Waals surface area contributed by atoms with E-state index in [1.165, 1.54) is 0 Å². The first kappa shape index (κ1) is 17.6. The Balaban J connectivity index is 1.55. The molecule has 2 saturated heterocycles. The summed E-state index contributed by atoms with van der Waals surface area (Å²) in [7, 11) is 0. The molecule has 2 heterocycles. The maximum atomic E-state index is 12.2. The second-order valence-electron chi connectivity index (χ2n) is 5.92. The number of ether oxygens (including phenoxy) is 1. The van der Waals surface area contributed by atoms with Crippen LogP contribution in [0.25, 0.3) is 0 Å². The molecule has 7 nitrogen and oxygen atoms in total. The minimum Gasteiger partial charge on any atom is -0.379 e. The average Bonchev–Trinajstić information content (AvgIpc) is 2.55. The first-order valence-electron chi connectivity index (χ1n) is 8.03. The number of benzene rings is 1. The zero-order valence-corrected chi connectivity index (χ0v) is 15.4. The van der Waals surface area contributed by atoms with Crippen molar-refractivity contribution in [2.24, 2.45) is 0 Å². The van der Waals surface area contributed by atoms with E-state index in [1.54, 1.807) is 0 Å². The summed E-state index contributed by atoms with van der Waals surface area (Å²) in [6.45, 7) is 2.95. The molecule has 2 aliphatic rings. The van der Waals surface area contributed by atoms with Crippen molar-refractivity contribution in [2.75, 3.05) is 31.6 Å². The van der Waals surface area contributed by atoms with Crippen LogP contribution in [0.3, 0.4) is 0 Å². The van der Waals surface area contributed by atoms with E-state index in [1.807, 2.05) is 24.3 Å². The third-order valence-electron chi connectivity index (χ3n) is 4.09. The predicted octanol–water partition coefficient (Wildman–Crippen LogP) is 0.714. The molecule has 0 bridgehead atoms. The van der Waals surface area contributed by atoms with Crippen molar-refractivity contribution < 1.29 is 14.3 Å². The second-order valence-corrected chi connectivity index (χ2v) is 7.16. The third-order valence-corrected chi connectivity index (χ3v) is 4.76. The summed E-state index contributed by atoms with van der Waals surface area (Å²) in [6, 6.07) is 7.61. The Kier molecular flexibility index (Phi) is 6.04. The number of hydrogen-bond donors (Lipinski definition) is 3. The highest BCUT2D eigenvalue weighted by Gasteiger charge is 2.31. The van der Waals surface area contributed by atoms with Crippen molar-refractivity contribution in [3.8, 4) is 0 Å². The molecule has 1 aromatic rings. The molecule has 2 unspecified atom stereocenters. The molecule has 0 aromatic heterocycles. The van der Waals surface area contributed by atoms with E-state index in [-0.39, 0.29) is 30.6 Å². The minimum atomic E-state index is -0.359. The van der Waals surface area contributed by atoms with Gasteiger partial charge in [-0.1, -0.05) is 6.07 Å². The van der Waals surface area contributed by atoms with Gasteiger partial charge in [0.05, 0.1) is 38.4 Å². The Morgan fingerprint density at radius 2 is 2.17 bits per heavy atom. The van der Waals surface area contributed by atoms with E-state index in [0.717, 1.165) is 22.3 Å². The number of nitrogens with one attached hydrogen (secondary N) is 3. The van der Waals surface area contributed by atoms with Crippen LogP contribution in [0.15, 0.2) is 24.3 Å². The maximum absolute atomic E-state index is 12.2. The van der Waals surface area contributed by atoms with Gasteiger partial charge in [0.2, 0.25) is 11.8 Å². The van der Waals surface area contributed by atoms with E-state index >= 15 is 0 Å². The summed E-state index contributed by atoms with van der Waals surface area (Å²) in [5.74, 6) is -0.158. The molecular formula is C16H21IN4O3. The number of amides is 2. The highest BCUT2D eigenvalue weighted by molar-refractivity contribution is 14.1. The van der Waals surface area contributed by atoms with Crippen LogP contribution in [0.4, 0.5) is 5.69 Å². The van der Waals surface area contributed by atoms with Crippen LogP contribution < -0.4 is 16.0 Å². The van der Waals surface area contributed by atoms with Gasteiger partial charge in [-0.25, -0.2) is 0 Å². The van der Waals surface area contributed by atoms with Crippen LogP contribution >= 0.6 is 22.6 Å². The van der Waals surface area contributed by atoms with Crippen LogP contribution in [0, 0.1) is 3.57 Å². The Bertz CT molecular complexity index is 607. The van der Waals surface area contributed by atoms with Crippen molar-refractivity contribution >= 4 is 40.1 Å². The van der Waals surface area contributed by atoms with E-state index in [0.29, 0.717) is 19.6 Å². The molecule has 24 heavy (non-hydrogen) atoms. The molecule has 2 amide bonds. The zero-order valence-electron chi connectivity index (χ0n) is 13.3. The van der Waals surface area contributed by atoms with Gasteiger partial charge in [0.15, 0.2) is 0 Å². The topological polar surface area (TPSA) is 82.7 Å². The maximum Gasteiger partial charge on any atom is 0.227 e. The first-order valence-corrected chi connectivity index (χ1v) is 9.10. The molecule has 0 aliphatic carbocycles. The standard InChI is InChI=1S/C16H21IN4O3/c17-11-2-1-3-12(8-11)18-15(22)9-13-19-14(10-16(23)20-13)21-4-6-24-7-5-21/h1-3,8,13-14,19H,4-7,9-10H2,(H,18,22)(H,20,23). The van der Waals surface area contributed by atoms with Crippen LogP contribution in [0.2, 0.25) is 0 Å². The van der Waals surface area contributed by atoms with Crippen molar-refractivity contribution in [2.45, 2.75) is 25.2 Å². The van der Waals surface area contributed by atoms with Crippen LogP contribution in [0.5, 0.6) is 0 Å². The normalized spacial score (nSPS) is 25.1. The molecule has 3 rings (SSSR count). The van der Waals surface area contributed by atoms with Crippen molar-refractivity contribution in [3.63, 3.8) is 0 Å². The molecule has 2 aliphatic heterocycles. The lowest BCUT2D eigenvalue weighted by Crippen LogP contribution is -2.63. The van der Waals surface area contributed by atoms with Gasteiger partial charge in [-0.05, 0) is 40.8 Å². The summed E-state index contributed by atoms with van der Waals surface area (Å²) in [4.78, 5) is 26.4. The Hall–Kier alpha value is -1.23. The number of halogens is 1. The van der Waals surface area contributed by atoms with Gasteiger partial charge in [0, 0.05) is 22.3 Å². The fourth-order valence-electron chi connectivity index (χ4n) is 2.96. The molecule has 0 saturated carbocycles. The van der Waals surface area contributed by atoms with Crippen LogP contribution in [0.1, 0.15) is 12.8 Å². The molecule has 1 aromatic carbocycles. The smallest absolute Gasteiger partial charge is 0.227 e. The summed E-state index contributed by atoms with van der Waals surface area (Å²) in [5, 5.41) is 9.07. The largest absolute Gasteiger partial charge is 0.379 e. The molecule has 2 fully saturated rings. The number of hydrogen-bond acceptors (Lipinski definition) is 5. The van der Waals surface area contributed by atoms with Crippen LogP contribution in [-0.4, -0.2) is 55.3 Å². The highest BCUT2D eigenvalue weighted by atomic mass is 127. The van der Waals surface area contributed by atoms with Crippen molar-refractivity contribution in [1.29, 1.82) is 0 Å². The summed E-state index contributed by atoms with van der Waals surface area (Å²) in [5.41, 5.74) is 0.763. The first-order chi connectivity index (χ1) is 11.6. The molecule has 3 N–H and O–H groups in total. The lowest BCUT2D eigenvalue weighted by molar-refractivity contribution is -0.128. The van der Waals surface area contributed by atoms with E-state index < -0.39 is 0 Å². The quantitative estimate of drug-likeness (QED) is 0.597. The SMILES string of the molecule is O=C(CC1NC(=O)CC(N2CCOCC2)N1)Nc1cccc(I)c1. The Morgan fingerprint density at radius 3 is 2.92 bits per heavy atom. The Labute approximate surface area is 154 Å². The number of morpholine rings is 1. The zero-order chi connectivity index (χ0) is 16.9. The number of rotatable bonds is 4. The van der Waals surface area contributed by atoms with Gasteiger partial charge in [-0.15, -0.1) is 0 Å². The summed E-state index contributed by atoms with van der Waals surface area (Å²) < 4.78 is 6.41.